The molecular weight excluding hydrogens is 255 g/mol. The number of aliphatic hydroxyl groups excluding tert-OH is 1. The molecule has 0 saturated heterocycles. The second-order valence-corrected chi connectivity index (χ2v) is 4.30. The van der Waals surface area contributed by atoms with Crippen molar-refractivity contribution in [3.63, 3.8) is 0 Å². The second-order valence-electron chi connectivity index (χ2n) is 4.30. The van der Waals surface area contributed by atoms with Crippen molar-refractivity contribution >= 4 is 11.4 Å². The molecule has 0 atom stereocenters. The molecule has 3 nitrogen and oxygen atoms in total. The van der Waals surface area contributed by atoms with E-state index in [2.05, 4.69) is 6.07 Å². The van der Waals surface area contributed by atoms with E-state index >= 15 is 0 Å². The number of rotatable bonds is 5. The van der Waals surface area contributed by atoms with E-state index in [4.69, 9.17) is 5.26 Å². The van der Waals surface area contributed by atoms with Crippen molar-refractivity contribution in [2.24, 2.45) is 0 Å². The molecule has 1 N–H and O–H groups in total. The van der Waals surface area contributed by atoms with Crippen LogP contribution in [0, 0.1) is 17.1 Å². The van der Waals surface area contributed by atoms with Crippen LogP contribution in [0.3, 0.4) is 0 Å². The van der Waals surface area contributed by atoms with E-state index in [1.54, 1.807) is 17.0 Å². The Labute approximate surface area is 117 Å². The maximum Gasteiger partial charge on any atom is 0.147 e. The number of aliphatic hydroxyl groups is 1. The van der Waals surface area contributed by atoms with Crippen molar-refractivity contribution in [1.29, 1.82) is 5.26 Å². The molecule has 0 heterocycles. The van der Waals surface area contributed by atoms with E-state index in [1.807, 2.05) is 30.3 Å². The minimum absolute atomic E-state index is 0.247. The number of para-hydroxylation sites is 2. The van der Waals surface area contributed by atoms with Crippen molar-refractivity contribution in [2.75, 3.05) is 11.4 Å². The first-order valence-electron chi connectivity index (χ1n) is 6.35. The van der Waals surface area contributed by atoms with Gasteiger partial charge in [-0.3, -0.25) is 0 Å². The first-order chi connectivity index (χ1) is 9.77. The van der Waals surface area contributed by atoms with E-state index in [1.165, 1.54) is 6.07 Å². The third-order valence-electron chi connectivity index (χ3n) is 3.03. The van der Waals surface area contributed by atoms with Crippen LogP contribution in [0.1, 0.15) is 12.0 Å². The van der Waals surface area contributed by atoms with Gasteiger partial charge < -0.3 is 10.0 Å². The summed E-state index contributed by atoms with van der Waals surface area (Å²) in [6.07, 6.45) is 0.272. The van der Waals surface area contributed by atoms with Crippen LogP contribution in [-0.2, 0) is 6.61 Å². The molecule has 0 unspecified atom stereocenters. The smallest absolute Gasteiger partial charge is 0.147 e. The van der Waals surface area contributed by atoms with Gasteiger partial charge in [-0.25, -0.2) is 4.39 Å². The lowest BCUT2D eigenvalue weighted by Gasteiger charge is -2.26. The quantitative estimate of drug-likeness (QED) is 0.906. The number of hydrogen-bond donors (Lipinski definition) is 1. The van der Waals surface area contributed by atoms with Gasteiger partial charge in [0.25, 0.3) is 0 Å². The standard InChI is InChI=1S/C16H15FN2O/c17-15-9-4-6-13(12-20)16(15)19(11-5-10-18)14-7-2-1-3-8-14/h1-4,6-9,20H,5,11-12H2. The maximum atomic E-state index is 14.2. The number of benzene rings is 2. The third-order valence-corrected chi connectivity index (χ3v) is 3.03. The summed E-state index contributed by atoms with van der Waals surface area (Å²) < 4.78 is 14.2. The van der Waals surface area contributed by atoms with E-state index in [0.29, 0.717) is 17.8 Å². The molecule has 0 aliphatic heterocycles. The van der Waals surface area contributed by atoms with Crippen LogP contribution < -0.4 is 4.90 Å². The average molecular weight is 270 g/mol. The molecule has 0 aromatic heterocycles. The second kappa shape index (κ2) is 6.69. The van der Waals surface area contributed by atoms with Crippen molar-refractivity contribution in [3.05, 3.63) is 59.9 Å². The maximum absolute atomic E-state index is 14.2. The third kappa shape index (κ3) is 2.95. The largest absolute Gasteiger partial charge is 0.392 e. The van der Waals surface area contributed by atoms with Crippen LogP contribution in [0.5, 0.6) is 0 Å². The van der Waals surface area contributed by atoms with Gasteiger partial charge in [-0.2, -0.15) is 5.26 Å². The monoisotopic (exact) mass is 270 g/mol. The highest BCUT2D eigenvalue weighted by atomic mass is 19.1. The predicted molar refractivity (Wildman–Crippen MR) is 76.0 cm³/mol. The Morgan fingerprint density at radius 1 is 1.10 bits per heavy atom. The molecule has 20 heavy (non-hydrogen) atoms. The summed E-state index contributed by atoms with van der Waals surface area (Å²) in [6, 6.07) is 16.0. The van der Waals surface area contributed by atoms with Crippen molar-refractivity contribution in [3.8, 4) is 6.07 Å². The van der Waals surface area contributed by atoms with Crippen molar-refractivity contribution in [1.82, 2.24) is 0 Å². The summed E-state index contributed by atoms with van der Waals surface area (Å²) in [7, 11) is 0. The van der Waals surface area contributed by atoms with Crippen LogP contribution in [0.2, 0.25) is 0 Å². The van der Waals surface area contributed by atoms with Gasteiger partial charge >= 0.3 is 0 Å². The number of anilines is 2. The molecular formula is C16H15FN2O. The Balaban J connectivity index is 2.50. The Hall–Kier alpha value is -2.38. The number of hydrogen-bond acceptors (Lipinski definition) is 3. The Kier molecular flexibility index (Phi) is 4.70. The molecule has 2 rings (SSSR count). The molecule has 0 saturated carbocycles. The first kappa shape index (κ1) is 14.0. The Bertz CT molecular complexity index is 608. The summed E-state index contributed by atoms with van der Waals surface area (Å²) >= 11 is 0. The Morgan fingerprint density at radius 3 is 2.50 bits per heavy atom. The van der Waals surface area contributed by atoms with Crippen LogP contribution >= 0.6 is 0 Å². The zero-order valence-electron chi connectivity index (χ0n) is 11.0. The topological polar surface area (TPSA) is 47.3 Å². The zero-order valence-corrected chi connectivity index (χ0v) is 11.0. The van der Waals surface area contributed by atoms with Gasteiger partial charge in [0, 0.05) is 17.8 Å². The fourth-order valence-electron chi connectivity index (χ4n) is 2.13. The summed E-state index contributed by atoms with van der Waals surface area (Å²) in [5.74, 6) is -0.404. The highest BCUT2D eigenvalue weighted by Crippen LogP contribution is 2.31. The van der Waals surface area contributed by atoms with Gasteiger partial charge in [-0.15, -0.1) is 0 Å². The fraction of sp³-hybridized carbons (Fsp3) is 0.188. The molecule has 0 radical (unpaired) electrons. The molecule has 4 heteroatoms. The van der Waals surface area contributed by atoms with Crippen LogP contribution in [0.15, 0.2) is 48.5 Å². The lowest BCUT2D eigenvalue weighted by molar-refractivity contribution is 0.281. The zero-order chi connectivity index (χ0) is 14.4. The normalized spacial score (nSPS) is 10.1. The lowest BCUT2D eigenvalue weighted by Crippen LogP contribution is -2.21. The summed E-state index contributed by atoms with van der Waals surface area (Å²) in [5.41, 5.74) is 1.63. The average Bonchev–Trinajstić information content (AvgIpc) is 2.50. The Morgan fingerprint density at radius 2 is 1.85 bits per heavy atom. The van der Waals surface area contributed by atoms with Gasteiger partial charge in [-0.05, 0) is 18.2 Å². The van der Waals surface area contributed by atoms with Gasteiger partial charge in [0.1, 0.15) is 5.82 Å². The summed E-state index contributed by atoms with van der Waals surface area (Å²) in [5, 5.41) is 18.2. The highest BCUT2D eigenvalue weighted by Gasteiger charge is 2.17. The number of halogens is 1. The van der Waals surface area contributed by atoms with Crippen molar-refractivity contribution in [2.45, 2.75) is 13.0 Å². The summed E-state index contributed by atoms with van der Waals surface area (Å²) in [6.45, 7) is 0.122. The van der Waals surface area contributed by atoms with E-state index < -0.39 is 5.82 Å². The van der Waals surface area contributed by atoms with Gasteiger partial charge in [0.05, 0.1) is 24.8 Å². The molecule has 0 aliphatic carbocycles. The number of nitriles is 1. The first-order valence-corrected chi connectivity index (χ1v) is 6.35. The fourth-order valence-corrected chi connectivity index (χ4v) is 2.13. The molecule has 0 amide bonds. The van der Waals surface area contributed by atoms with E-state index in [-0.39, 0.29) is 13.0 Å². The molecule has 102 valence electrons. The van der Waals surface area contributed by atoms with Crippen LogP contribution in [0.4, 0.5) is 15.8 Å². The minimum atomic E-state index is -0.404. The minimum Gasteiger partial charge on any atom is -0.392 e. The van der Waals surface area contributed by atoms with Crippen LogP contribution in [0.25, 0.3) is 0 Å². The summed E-state index contributed by atoms with van der Waals surface area (Å²) in [4.78, 5) is 1.73. The number of nitrogens with zero attached hydrogens (tertiary/aromatic N) is 2. The van der Waals surface area contributed by atoms with Gasteiger partial charge in [0.15, 0.2) is 0 Å². The SMILES string of the molecule is N#CCCN(c1ccccc1)c1c(F)cccc1CO. The molecule has 0 fully saturated rings. The van der Waals surface area contributed by atoms with Crippen LogP contribution in [-0.4, -0.2) is 11.7 Å². The highest BCUT2D eigenvalue weighted by molar-refractivity contribution is 5.67. The molecule has 2 aromatic carbocycles. The van der Waals surface area contributed by atoms with E-state index in [0.717, 1.165) is 5.69 Å². The predicted octanol–water partition coefficient (Wildman–Crippen LogP) is 3.37. The van der Waals surface area contributed by atoms with Gasteiger partial charge in [0.2, 0.25) is 0 Å². The molecule has 0 spiro atoms. The molecule has 0 aliphatic rings. The van der Waals surface area contributed by atoms with Crippen molar-refractivity contribution < 1.29 is 9.50 Å². The lowest BCUT2D eigenvalue weighted by atomic mass is 10.1. The molecule has 0 bridgehead atoms. The molecule has 2 aromatic rings. The van der Waals surface area contributed by atoms with Gasteiger partial charge in [-0.1, -0.05) is 30.3 Å². The van der Waals surface area contributed by atoms with E-state index in [9.17, 15) is 9.50 Å².